The molecule has 0 atom stereocenters. The van der Waals surface area contributed by atoms with E-state index in [2.05, 4.69) is 9.97 Å². The third-order valence-electron chi connectivity index (χ3n) is 3.38. The summed E-state index contributed by atoms with van der Waals surface area (Å²) in [6.45, 7) is 3.90. The van der Waals surface area contributed by atoms with E-state index in [-0.39, 0.29) is 5.52 Å². The molecular formula is C15H11F3N2. The number of rotatable bonds is 0. The highest BCUT2D eigenvalue weighted by atomic mass is 19.4. The molecule has 2 nitrogen and oxygen atoms in total. The molecule has 0 N–H and O–H groups in total. The summed E-state index contributed by atoms with van der Waals surface area (Å²) in [6, 6.07) is 7.17. The molecule has 0 spiro atoms. The van der Waals surface area contributed by atoms with Gasteiger partial charge in [0.15, 0.2) is 0 Å². The van der Waals surface area contributed by atoms with E-state index in [1.165, 1.54) is 6.07 Å². The lowest BCUT2D eigenvalue weighted by atomic mass is 10.1. The van der Waals surface area contributed by atoms with Crippen LogP contribution < -0.4 is 0 Å². The first-order chi connectivity index (χ1) is 9.34. The Labute approximate surface area is 113 Å². The zero-order chi connectivity index (χ0) is 14.5. The van der Waals surface area contributed by atoms with Gasteiger partial charge in [0.1, 0.15) is 0 Å². The van der Waals surface area contributed by atoms with Crippen LogP contribution in [0.2, 0.25) is 0 Å². The van der Waals surface area contributed by atoms with E-state index in [0.29, 0.717) is 16.6 Å². The summed E-state index contributed by atoms with van der Waals surface area (Å²) >= 11 is 0. The molecule has 1 aromatic heterocycles. The maximum atomic E-state index is 12.7. The Morgan fingerprint density at radius 1 is 0.750 bits per heavy atom. The minimum absolute atomic E-state index is 0.260. The normalized spacial score (nSPS) is 12.2. The second-order valence-electron chi connectivity index (χ2n) is 4.85. The summed E-state index contributed by atoms with van der Waals surface area (Å²) in [6.07, 6.45) is -4.37. The Hall–Kier alpha value is -2.17. The van der Waals surface area contributed by atoms with Gasteiger partial charge in [0, 0.05) is 0 Å². The Kier molecular flexibility index (Phi) is 2.67. The molecule has 0 unspecified atom stereocenters. The highest BCUT2D eigenvalue weighted by Gasteiger charge is 2.30. The molecule has 0 aliphatic rings. The second-order valence-corrected chi connectivity index (χ2v) is 4.85. The molecule has 0 saturated carbocycles. The van der Waals surface area contributed by atoms with Crippen LogP contribution in [-0.4, -0.2) is 9.97 Å². The Morgan fingerprint density at radius 3 is 1.80 bits per heavy atom. The van der Waals surface area contributed by atoms with Gasteiger partial charge in [-0.05, 0) is 55.3 Å². The van der Waals surface area contributed by atoms with Gasteiger partial charge in [-0.15, -0.1) is 0 Å². The average Bonchev–Trinajstić information content (AvgIpc) is 2.36. The van der Waals surface area contributed by atoms with Crippen molar-refractivity contribution in [3.05, 3.63) is 47.0 Å². The van der Waals surface area contributed by atoms with Gasteiger partial charge >= 0.3 is 6.18 Å². The lowest BCUT2D eigenvalue weighted by Crippen LogP contribution is -2.04. The molecular weight excluding hydrogens is 265 g/mol. The van der Waals surface area contributed by atoms with Crippen molar-refractivity contribution < 1.29 is 13.2 Å². The van der Waals surface area contributed by atoms with Crippen LogP contribution >= 0.6 is 0 Å². The zero-order valence-corrected chi connectivity index (χ0v) is 10.9. The molecule has 3 aromatic rings. The van der Waals surface area contributed by atoms with E-state index in [1.807, 2.05) is 26.0 Å². The van der Waals surface area contributed by atoms with Crippen molar-refractivity contribution in [3.8, 4) is 0 Å². The summed E-state index contributed by atoms with van der Waals surface area (Å²) in [5.74, 6) is 0. The third-order valence-corrected chi connectivity index (χ3v) is 3.38. The second kappa shape index (κ2) is 4.16. The lowest BCUT2D eigenvalue weighted by Gasteiger charge is -2.08. The monoisotopic (exact) mass is 276 g/mol. The first-order valence-corrected chi connectivity index (χ1v) is 6.10. The molecule has 0 radical (unpaired) electrons. The molecule has 102 valence electrons. The molecule has 20 heavy (non-hydrogen) atoms. The van der Waals surface area contributed by atoms with Crippen molar-refractivity contribution >= 4 is 22.1 Å². The van der Waals surface area contributed by atoms with Crippen molar-refractivity contribution in [1.29, 1.82) is 0 Å². The van der Waals surface area contributed by atoms with Crippen molar-refractivity contribution in [3.63, 3.8) is 0 Å². The van der Waals surface area contributed by atoms with E-state index in [9.17, 15) is 13.2 Å². The minimum Gasteiger partial charge on any atom is -0.244 e. The molecule has 5 heteroatoms. The standard InChI is InChI=1S/C15H11F3N2/c1-8-5-12-13(6-9(8)2)20-14-7-10(15(16,17)18)3-4-11(14)19-12/h3-7H,1-2H3. The van der Waals surface area contributed by atoms with Crippen molar-refractivity contribution in [1.82, 2.24) is 9.97 Å². The number of aryl methyl sites for hydroxylation is 2. The highest BCUT2D eigenvalue weighted by molar-refractivity contribution is 5.87. The molecule has 0 fully saturated rings. The molecule has 0 aliphatic heterocycles. The number of benzene rings is 2. The first kappa shape index (κ1) is 12.8. The summed E-state index contributed by atoms with van der Waals surface area (Å²) in [5, 5.41) is 0. The van der Waals surface area contributed by atoms with Crippen LogP contribution in [0.5, 0.6) is 0 Å². The maximum absolute atomic E-state index is 12.7. The predicted octanol–water partition coefficient (Wildman–Crippen LogP) is 4.42. The fraction of sp³-hybridized carbons (Fsp3) is 0.200. The summed E-state index contributed by atoms with van der Waals surface area (Å²) in [4.78, 5) is 8.66. The number of nitrogens with zero attached hydrogens (tertiary/aromatic N) is 2. The fourth-order valence-electron chi connectivity index (χ4n) is 2.11. The quantitative estimate of drug-likeness (QED) is 0.568. The van der Waals surface area contributed by atoms with Gasteiger partial charge in [-0.25, -0.2) is 9.97 Å². The molecule has 0 amide bonds. The zero-order valence-electron chi connectivity index (χ0n) is 10.9. The lowest BCUT2D eigenvalue weighted by molar-refractivity contribution is -0.137. The number of fused-ring (bicyclic) bond motifs is 2. The minimum atomic E-state index is -4.37. The van der Waals surface area contributed by atoms with Crippen LogP contribution in [0.1, 0.15) is 16.7 Å². The van der Waals surface area contributed by atoms with Gasteiger partial charge in [-0.2, -0.15) is 13.2 Å². The van der Waals surface area contributed by atoms with E-state index in [0.717, 1.165) is 23.3 Å². The molecule has 3 rings (SSSR count). The maximum Gasteiger partial charge on any atom is 0.416 e. The summed E-state index contributed by atoms with van der Waals surface area (Å²) in [7, 11) is 0. The molecule has 0 bridgehead atoms. The number of hydrogen-bond donors (Lipinski definition) is 0. The van der Waals surface area contributed by atoms with E-state index < -0.39 is 11.7 Å². The van der Waals surface area contributed by atoms with Crippen LogP contribution in [0.3, 0.4) is 0 Å². The van der Waals surface area contributed by atoms with Crippen LogP contribution in [0.25, 0.3) is 22.1 Å². The van der Waals surface area contributed by atoms with Crippen molar-refractivity contribution in [2.24, 2.45) is 0 Å². The molecule has 0 aliphatic carbocycles. The molecule has 2 aromatic carbocycles. The Balaban J connectivity index is 2.31. The number of halogens is 3. The smallest absolute Gasteiger partial charge is 0.244 e. The van der Waals surface area contributed by atoms with Gasteiger partial charge in [0.05, 0.1) is 27.6 Å². The Morgan fingerprint density at radius 2 is 1.25 bits per heavy atom. The van der Waals surface area contributed by atoms with Crippen LogP contribution in [0.15, 0.2) is 30.3 Å². The van der Waals surface area contributed by atoms with Gasteiger partial charge in [0.25, 0.3) is 0 Å². The van der Waals surface area contributed by atoms with E-state index >= 15 is 0 Å². The topological polar surface area (TPSA) is 25.8 Å². The van der Waals surface area contributed by atoms with Crippen molar-refractivity contribution in [2.75, 3.05) is 0 Å². The van der Waals surface area contributed by atoms with Crippen LogP contribution in [0.4, 0.5) is 13.2 Å². The Bertz CT molecular complexity index is 823. The number of alkyl halides is 3. The number of aromatic nitrogens is 2. The van der Waals surface area contributed by atoms with Gasteiger partial charge < -0.3 is 0 Å². The van der Waals surface area contributed by atoms with E-state index in [1.54, 1.807) is 0 Å². The van der Waals surface area contributed by atoms with Crippen LogP contribution in [0, 0.1) is 13.8 Å². The third kappa shape index (κ3) is 2.09. The summed E-state index contributed by atoms with van der Waals surface area (Å²) in [5.41, 5.74) is 3.45. The first-order valence-electron chi connectivity index (χ1n) is 6.10. The number of hydrogen-bond acceptors (Lipinski definition) is 2. The fourth-order valence-corrected chi connectivity index (χ4v) is 2.11. The van der Waals surface area contributed by atoms with Gasteiger partial charge in [-0.1, -0.05) is 0 Å². The predicted molar refractivity (Wildman–Crippen MR) is 71.5 cm³/mol. The van der Waals surface area contributed by atoms with Crippen molar-refractivity contribution in [2.45, 2.75) is 20.0 Å². The van der Waals surface area contributed by atoms with E-state index in [4.69, 9.17) is 0 Å². The largest absolute Gasteiger partial charge is 0.416 e. The van der Waals surface area contributed by atoms with Gasteiger partial charge in [-0.3, -0.25) is 0 Å². The summed E-state index contributed by atoms with van der Waals surface area (Å²) < 4.78 is 38.1. The SMILES string of the molecule is Cc1cc2nc3ccc(C(F)(F)F)cc3nc2cc1C. The molecule has 0 saturated heterocycles. The van der Waals surface area contributed by atoms with Crippen LogP contribution in [-0.2, 0) is 6.18 Å². The molecule has 1 heterocycles. The highest BCUT2D eigenvalue weighted by Crippen LogP contribution is 2.31. The van der Waals surface area contributed by atoms with Gasteiger partial charge in [0.2, 0.25) is 0 Å². The average molecular weight is 276 g/mol.